The highest BCUT2D eigenvalue weighted by Gasteiger charge is 2.54. The lowest BCUT2D eigenvalue weighted by Gasteiger charge is -2.46. The zero-order valence-corrected chi connectivity index (χ0v) is 15.7. The number of hydrogen-bond acceptors (Lipinski definition) is 5. The van der Waals surface area contributed by atoms with Gasteiger partial charge in [0.1, 0.15) is 11.6 Å². The number of benzene rings is 2. The Hall–Kier alpha value is -3.19. The molecule has 3 atom stereocenters. The summed E-state index contributed by atoms with van der Waals surface area (Å²) in [5, 5.41) is 14.2. The molecule has 1 saturated heterocycles. The molecule has 2 aromatic carbocycles. The van der Waals surface area contributed by atoms with Crippen LogP contribution in [0.15, 0.2) is 60.7 Å². The highest BCUT2D eigenvalue weighted by atomic mass is 16.5. The molecule has 146 valence electrons. The van der Waals surface area contributed by atoms with Crippen molar-refractivity contribution in [3.63, 3.8) is 0 Å². The van der Waals surface area contributed by atoms with Crippen molar-refractivity contribution in [3.05, 3.63) is 71.8 Å². The fourth-order valence-corrected chi connectivity index (χ4v) is 3.61. The van der Waals surface area contributed by atoms with Crippen LogP contribution in [-0.4, -0.2) is 54.0 Å². The van der Waals surface area contributed by atoms with E-state index in [0.717, 1.165) is 4.90 Å². The van der Waals surface area contributed by atoms with Gasteiger partial charge in [-0.05, 0) is 17.7 Å². The first-order valence-electron chi connectivity index (χ1n) is 8.87. The number of likely N-dealkylation sites (tertiary alicyclic amines) is 1. The predicted molar refractivity (Wildman–Crippen MR) is 101 cm³/mol. The van der Waals surface area contributed by atoms with Gasteiger partial charge in [0.15, 0.2) is 6.04 Å². The van der Waals surface area contributed by atoms with Crippen LogP contribution in [-0.2, 0) is 19.9 Å². The zero-order chi connectivity index (χ0) is 20.3. The molecule has 0 aliphatic carbocycles. The van der Waals surface area contributed by atoms with Crippen molar-refractivity contribution in [1.82, 2.24) is 10.2 Å². The van der Waals surface area contributed by atoms with Crippen molar-refractivity contribution in [2.75, 3.05) is 14.2 Å². The average Bonchev–Trinajstić information content (AvgIpc) is 2.73. The van der Waals surface area contributed by atoms with Gasteiger partial charge in [-0.2, -0.15) is 0 Å². The summed E-state index contributed by atoms with van der Waals surface area (Å²) in [5.74, 6) is -1.63. The SMILES string of the molecule is COC(=O)[C@H]1N(C)C(=O)[C@@H](NC(=O)c2ccccc2)C[C@@]1(O)c1ccccc1. The molecule has 28 heavy (non-hydrogen) atoms. The molecule has 3 rings (SSSR count). The number of carbonyl (C=O) groups is 3. The first kappa shape index (κ1) is 19.6. The number of rotatable bonds is 4. The normalized spacial score (nSPS) is 24.5. The summed E-state index contributed by atoms with van der Waals surface area (Å²) in [6.45, 7) is 0. The van der Waals surface area contributed by atoms with Gasteiger partial charge in [-0.1, -0.05) is 48.5 Å². The molecule has 0 unspecified atom stereocenters. The number of hydrogen-bond donors (Lipinski definition) is 2. The highest BCUT2D eigenvalue weighted by Crippen LogP contribution is 2.37. The molecule has 1 aliphatic rings. The van der Waals surface area contributed by atoms with Gasteiger partial charge in [0.05, 0.1) is 7.11 Å². The van der Waals surface area contributed by atoms with Crippen molar-refractivity contribution in [1.29, 1.82) is 0 Å². The second kappa shape index (κ2) is 7.82. The Morgan fingerprint density at radius 1 is 1.11 bits per heavy atom. The monoisotopic (exact) mass is 382 g/mol. The van der Waals surface area contributed by atoms with E-state index >= 15 is 0 Å². The van der Waals surface area contributed by atoms with Crippen molar-refractivity contribution in [2.45, 2.75) is 24.1 Å². The molecule has 0 aromatic heterocycles. The van der Waals surface area contributed by atoms with Gasteiger partial charge < -0.3 is 20.1 Å². The second-order valence-electron chi connectivity index (χ2n) is 6.76. The van der Waals surface area contributed by atoms with Gasteiger partial charge in [-0.3, -0.25) is 9.59 Å². The first-order valence-corrected chi connectivity index (χ1v) is 8.87. The number of piperidine rings is 1. The summed E-state index contributed by atoms with van der Waals surface area (Å²) in [5.41, 5.74) is -0.856. The summed E-state index contributed by atoms with van der Waals surface area (Å²) >= 11 is 0. The quantitative estimate of drug-likeness (QED) is 0.772. The Labute approximate surface area is 162 Å². The molecular formula is C21H22N2O5. The van der Waals surface area contributed by atoms with Crippen molar-refractivity contribution >= 4 is 17.8 Å². The molecule has 7 heteroatoms. The van der Waals surface area contributed by atoms with Crippen LogP contribution < -0.4 is 5.32 Å². The van der Waals surface area contributed by atoms with E-state index in [1.165, 1.54) is 14.2 Å². The molecule has 2 aromatic rings. The number of carbonyl (C=O) groups excluding carboxylic acids is 3. The van der Waals surface area contributed by atoms with E-state index in [1.54, 1.807) is 60.7 Å². The Bertz CT molecular complexity index is 871. The average molecular weight is 382 g/mol. The molecule has 1 fully saturated rings. The van der Waals surface area contributed by atoms with Crippen LogP contribution in [0, 0.1) is 0 Å². The molecule has 1 heterocycles. The minimum atomic E-state index is -1.72. The molecule has 0 saturated carbocycles. The van der Waals surface area contributed by atoms with Crippen LogP contribution in [0.3, 0.4) is 0 Å². The maximum absolute atomic E-state index is 12.8. The van der Waals surface area contributed by atoms with E-state index in [0.29, 0.717) is 11.1 Å². The topological polar surface area (TPSA) is 95.9 Å². The second-order valence-corrected chi connectivity index (χ2v) is 6.76. The number of nitrogens with zero attached hydrogens (tertiary/aromatic N) is 1. The summed E-state index contributed by atoms with van der Waals surface area (Å²) < 4.78 is 4.83. The minimum absolute atomic E-state index is 0.154. The standard InChI is InChI=1S/C21H22N2O5/c1-23-17(20(26)28-2)21(27,15-11-7-4-8-12-15)13-16(19(23)25)22-18(24)14-9-5-3-6-10-14/h3-12,16-17,27H,13H2,1-2H3,(H,22,24)/t16-,17+,21+/m0/s1. The third-order valence-corrected chi connectivity index (χ3v) is 5.04. The minimum Gasteiger partial charge on any atom is -0.467 e. The van der Waals surface area contributed by atoms with Gasteiger partial charge in [0, 0.05) is 19.0 Å². The van der Waals surface area contributed by atoms with E-state index in [1.807, 2.05) is 0 Å². The molecule has 1 aliphatic heterocycles. The van der Waals surface area contributed by atoms with E-state index in [9.17, 15) is 19.5 Å². The number of likely N-dealkylation sites (N-methyl/N-ethyl adjacent to an activating group) is 1. The van der Waals surface area contributed by atoms with Crippen molar-refractivity contribution < 1.29 is 24.2 Å². The van der Waals surface area contributed by atoms with E-state index < -0.39 is 35.5 Å². The lowest BCUT2D eigenvalue weighted by Crippen LogP contribution is -2.66. The maximum Gasteiger partial charge on any atom is 0.331 e. The van der Waals surface area contributed by atoms with Gasteiger partial charge in [0.2, 0.25) is 5.91 Å². The number of amides is 2. The summed E-state index contributed by atoms with van der Waals surface area (Å²) in [7, 11) is 2.62. The molecular weight excluding hydrogens is 360 g/mol. The van der Waals surface area contributed by atoms with Crippen molar-refractivity contribution in [2.24, 2.45) is 0 Å². The Kier molecular flexibility index (Phi) is 5.46. The Morgan fingerprint density at radius 2 is 1.68 bits per heavy atom. The van der Waals surface area contributed by atoms with Gasteiger partial charge in [-0.15, -0.1) is 0 Å². The molecule has 0 bridgehead atoms. The fourth-order valence-electron chi connectivity index (χ4n) is 3.61. The van der Waals surface area contributed by atoms with E-state index in [2.05, 4.69) is 5.32 Å². The third kappa shape index (κ3) is 3.48. The predicted octanol–water partition coefficient (Wildman–Crippen LogP) is 1.08. The lowest BCUT2D eigenvalue weighted by atomic mass is 9.76. The van der Waals surface area contributed by atoms with Crippen LogP contribution in [0.5, 0.6) is 0 Å². The smallest absolute Gasteiger partial charge is 0.331 e. The molecule has 2 amide bonds. The first-order chi connectivity index (χ1) is 13.4. The van der Waals surface area contributed by atoms with Crippen LogP contribution >= 0.6 is 0 Å². The van der Waals surface area contributed by atoms with Crippen molar-refractivity contribution in [3.8, 4) is 0 Å². The Morgan fingerprint density at radius 3 is 2.25 bits per heavy atom. The summed E-state index contributed by atoms with van der Waals surface area (Å²) in [4.78, 5) is 38.9. The number of esters is 1. The van der Waals surface area contributed by atoms with Gasteiger partial charge in [-0.25, -0.2) is 4.79 Å². The Balaban J connectivity index is 1.96. The van der Waals surface area contributed by atoms with Gasteiger partial charge >= 0.3 is 5.97 Å². The number of nitrogens with one attached hydrogen (secondary N) is 1. The number of methoxy groups -OCH3 is 1. The largest absolute Gasteiger partial charge is 0.467 e. The molecule has 7 nitrogen and oxygen atoms in total. The molecule has 0 spiro atoms. The van der Waals surface area contributed by atoms with E-state index in [4.69, 9.17) is 4.74 Å². The number of aliphatic hydroxyl groups is 1. The van der Waals surface area contributed by atoms with Crippen LogP contribution in [0.1, 0.15) is 22.3 Å². The maximum atomic E-state index is 12.8. The number of ether oxygens (including phenoxy) is 1. The zero-order valence-electron chi connectivity index (χ0n) is 15.7. The van der Waals surface area contributed by atoms with Crippen LogP contribution in [0.4, 0.5) is 0 Å². The van der Waals surface area contributed by atoms with E-state index in [-0.39, 0.29) is 6.42 Å². The highest BCUT2D eigenvalue weighted by molar-refractivity contribution is 5.99. The summed E-state index contributed by atoms with van der Waals surface area (Å²) in [6, 6.07) is 14.9. The molecule has 0 radical (unpaired) electrons. The third-order valence-electron chi connectivity index (χ3n) is 5.04. The van der Waals surface area contributed by atoms with Crippen LogP contribution in [0.2, 0.25) is 0 Å². The van der Waals surface area contributed by atoms with Gasteiger partial charge in [0.25, 0.3) is 5.91 Å². The van der Waals surface area contributed by atoms with Crippen LogP contribution in [0.25, 0.3) is 0 Å². The fraction of sp³-hybridized carbons (Fsp3) is 0.286. The molecule has 2 N–H and O–H groups in total. The summed E-state index contributed by atoms with van der Waals surface area (Å²) in [6.07, 6.45) is -0.154. The lowest BCUT2D eigenvalue weighted by molar-refractivity contribution is -0.175.